The number of piperidine rings is 1. The van der Waals surface area contributed by atoms with Crippen LogP contribution in [0.4, 0.5) is 9.59 Å². The molecular weight excluding hydrogens is 594 g/mol. The van der Waals surface area contributed by atoms with Gasteiger partial charge < -0.3 is 29.7 Å². The summed E-state index contributed by atoms with van der Waals surface area (Å²) in [6.45, 7) is 9.40. The number of nitrogens with zero attached hydrogens (tertiary/aromatic N) is 2. The molecule has 3 atom stereocenters. The van der Waals surface area contributed by atoms with E-state index in [0.717, 1.165) is 56.6 Å². The Morgan fingerprint density at radius 3 is 2.57 bits per heavy atom. The van der Waals surface area contributed by atoms with Crippen LogP contribution in [0.3, 0.4) is 0 Å². The van der Waals surface area contributed by atoms with Gasteiger partial charge >= 0.3 is 12.1 Å². The molecule has 250 valence electrons. The number of nitrogens with one attached hydrogen (secondary N) is 1. The molecule has 2 aliphatic rings. The monoisotopic (exact) mass is 651 g/mol. The van der Waals surface area contributed by atoms with Crippen LogP contribution in [0.5, 0.6) is 0 Å². The highest BCUT2D eigenvalue weighted by Gasteiger charge is 2.41. The smallest absolute Gasteiger partial charge is 0.409 e. The molecule has 3 amide bonds. The van der Waals surface area contributed by atoms with Crippen LogP contribution in [0.1, 0.15) is 76.2 Å². The molecule has 1 aromatic carbocycles. The second kappa shape index (κ2) is 17.8. The molecule has 2 N–H and O–H groups in total. The number of likely N-dealkylation sites (tertiary alicyclic amines) is 1. The molecule has 0 radical (unpaired) electrons. The van der Waals surface area contributed by atoms with Crippen molar-refractivity contribution < 1.29 is 24.2 Å². The first-order chi connectivity index (χ1) is 20.9. The second-order valence-electron chi connectivity index (χ2n) is 14.4. The van der Waals surface area contributed by atoms with Gasteiger partial charge in [-0.25, -0.2) is 9.59 Å². The molecule has 1 saturated carbocycles. The Morgan fingerprint density at radius 2 is 1.89 bits per heavy atom. The lowest BCUT2D eigenvalue weighted by Gasteiger charge is -2.43. The van der Waals surface area contributed by atoms with Gasteiger partial charge in [-0.2, -0.15) is 0 Å². The number of rotatable bonds is 15. The van der Waals surface area contributed by atoms with E-state index in [-0.39, 0.29) is 24.1 Å². The molecule has 1 aliphatic carbocycles. The van der Waals surface area contributed by atoms with Crippen molar-refractivity contribution in [2.24, 2.45) is 11.8 Å². The maximum atomic E-state index is 13.8. The number of urea groups is 1. The molecule has 8 nitrogen and oxygen atoms in total. The number of halogens is 1. The second-order valence-corrected chi connectivity index (χ2v) is 20.4. The average Bonchev–Trinajstić information content (AvgIpc) is 2.99. The summed E-state index contributed by atoms with van der Waals surface area (Å²) in [5.41, 5.74) is -0.294. The number of unbranched alkanes of at least 4 members (excludes halogenated alkanes) is 1. The minimum atomic E-state index is -1.31. The number of amides is 3. The van der Waals surface area contributed by atoms with Crippen molar-refractivity contribution in [1.82, 2.24) is 15.1 Å². The van der Waals surface area contributed by atoms with Gasteiger partial charge in [-0.15, -0.1) is 0 Å². The third-order valence-electron chi connectivity index (χ3n) is 9.42. The Labute approximate surface area is 272 Å². The van der Waals surface area contributed by atoms with Crippen molar-refractivity contribution in [2.75, 3.05) is 47.0 Å². The maximum Gasteiger partial charge on any atom is 0.409 e. The van der Waals surface area contributed by atoms with E-state index in [2.05, 4.69) is 25.0 Å². The molecule has 10 heteroatoms. The summed E-state index contributed by atoms with van der Waals surface area (Å²) in [5.74, 6) is 0.420. The lowest BCUT2D eigenvalue weighted by Crippen LogP contribution is -2.54. The highest BCUT2D eigenvalue weighted by Crippen LogP contribution is 2.40. The first-order valence-electron chi connectivity index (χ1n) is 16.8. The van der Waals surface area contributed by atoms with Crippen LogP contribution in [0.25, 0.3) is 0 Å². The number of benzene rings is 1. The van der Waals surface area contributed by atoms with Gasteiger partial charge in [0.05, 0.1) is 12.2 Å². The molecule has 2 fully saturated rings. The lowest BCUT2D eigenvalue weighted by molar-refractivity contribution is -0.0564. The SMILES string of the molecule is COCCCC[C@@](O)(c1cccc(Cl)c1)[C@@H]1CCCN(C(=O)N[C@@H](CC2CCCCC2)CN(C)C(=O)OCC[Si](C)(C)C)C1. The molecule has 1 saturated heterocycles. The highest BCUT2D eigenvalue weighted by molar-refractivity contribution is 6.76. The van der Waals surface area contributed by atoms with E-state index < -0.39 is 13.7 Å². The molecule has 1 aliphatic heterocycles. The number of carbonyl (C=O) groups excluding carboxylic acids is 2. The van der Waals surface area contributed by atoms with Crippen molar-refractivity contribution >= 4 is 31.8 Å². The molecular formula is C34H58ClN3O5Si. The van der Waals surface area contributed by atoms with Crippen LogP contribution in [0.15, 0.2) is 24.3 Å². The lowest BCUT2D eigenvalue weighted by atomic mass is 9.74. The molecule has 0 spiro atoms. The Bertz CT molecular complexity index is 1030. The predicted molar refractivity (Wildman–Crippen MR) is 181 cm³/mol. The van der Waals surface area contributed by atoms with E-state index >= 15 is 0 Å². The number of hydrogen-bond acceptors (Lipinski definition) is 5. The average molecular weight is 652 g/mol. The van der Waals surface area contributed by atoms with Crippen molar-refractivity contribution in [3.05, 3.63) is 34.9 Å². The first-order valence-corrected chi connectivity index (χ1v) is 20.9. The van der Waals surface area contributed by atoms with E-state index in [1.54, 1.807) is 19.1 Å². The topological polar surface area (TPSA) is 91.3 Å². The third-order valence-corrected chi connectivity index (χ3v) is 11.4. The third kappa shape index (κ3) is 11.8. The van der Waals surface area contributed by atoms with Gasteiger partial charge in [0.25, 0.3) is 0 Å². The van der Waals surface area contributed by atoms with Crippen molar-refractivity contribution in [3.8, 4) is 0 Å². The van der Waals surface area contributed by atoms with Gasteiger partial charge in [0.1, 0.15) is 0 Å². The zero-order valence-corrected chi connectivity index (χ0v) is 29.7. The fourth-order valence-electron chi connectivity index (χ4n) is 6.76. The number of hydrogen-bond donors (Lipinski definition) is 2. The van der Waals surface area contributed by atoms with Gasteiger partial charge in [0.15, 0.2) is 0 Å². The van der Waals surface area contributed by atoms with Crippen LogP contribution in [-0.2, 0) is 15.1 Å². The van der Waals surface area contributed by atoms with E-state index in [9.17, 15) is 14.7 Å². The van der Waals surface area contributed by atoms with E-state index in [4.69, 9.17) is 21.1 Å². The molecule has 0 unspecified atom stereocenters. The summed E-state index contributed by atoms with van der Waals surface area (Å²) < 4.78 is 10.8. The van der Waals surface area contributed by atoms with Gasteiger partial charge in [-0.3, -0.25) is 0 Å². The zero-order chi connectivity index (χ0) is 32.2. The van der Waals surface area contributed by atoms with Crippen LogP contribution < -0.4 is 5.32 Å². The minimum Gasteiger partial charge on any atom is -0.450 e. The van der Waals surface area contributed by atoms with Gasteiger partial charge in [-0.1, -0.05) is 75.5 Å². The van der Waals surface area contributed by atoms with Gasteiger partial charge in [0.2, 0.25) is 0 Å². The molecule has 0 aromatic heterocycles. The fraction of sp³-hybridized carbons (Fsp3) is 0.765. The Kier molecular flexibility index (Phi) is 14.8. The number of aliphatic hydroxyl groups is 1. The summed E-state index contributed by atoms with van der Waals surface area (Å²) in [6.07, 6.45) is 10.4. The fourth-order valence-corrected chi connectivity index (χ4v) is 7.67. The highest BCUT2D eigenvalue weighted by atomic mass is 35.5. The summed E-state index contributed by atoms with van der Waals surface area (Å²) in [5, 5.41) is 16.1. The van der Waals surface area contributed by atoms with Crippen LogP contribution in [0, 0.1) is 11.8 Å². The summed E-state index contributed by atoms with van der Waals surface area (Å²) in [6, 6.07) is 8.15. The Morgan fingerprint density at radius 1 is 1.14 bits per heavy atom. The van der Waals surface area contributed by atoms with Crippen molar-refractivity contribution in [3.63, 3.8) is 0 Å². The van der Waals surface area contributed by atoms with Gasteiger partial charge in [0, 0.05) is 65.5 Å². The van der Waals surface area contributed by atoms with Crippen LogP contribution in [-0.4, -0.2) is 88.2 Å². The molecule has 0 bridgehead atoms. The quantitative estimate of drug-likeness (QED) is 0.151. The largest absolute Gasteiger partial charge is 0.450 e. The number of carbonyl (C=O) groups is 2. The van der Waals surface area contributed by atoms with Crippen molar-refractivity contribution in [2.45, 2.75) is 108 Å². The molecule has 3 rings (SSSR count). The van der Waals surface area contributed by atoms with Gasteiger partial charge in [-0.05, 0) is 68.2 Å². The summed E-state index contributed by atoms with van der Waals surface area (Å²) >= 11 is 6.36. The zero-order valence-electron chi connectivity index (χ0n) is 27.9. The number of methoxy groups -OCH3 is 1. The normalized spacial score (nSPS) is 20.1. The van der Waals surface area contributed by atoms with Crippen LogP contribution in [0.2, 0.25) is 30.7 Å². The van der Waals surface area contributed by atoms with E-state index in [1.165, 1.54) is 19.3 Å². The maximum absolute atomic E-state index is 13.8. The molecule has 1 aromatic rings. The molecule has 1 heterocycles. The Hall–Kier alpha value is -1.81. The van der Waals surface area contributed by atoms with Crippen molar-refractivity contribution in [1.29, 1.82) is 0 Å². The number of likely N-dealkylation sites (N-methyl/N-ethyl adjacent to an activating group) is 1. The number of ether oxygens (including phenoxy) is 2. The predicted octanol–water partition coefficient (Wildman–Crippen LogP) is 7.51. The summed E-state index contributed by atoms with van der Waals surface area (Å²) in [7, 11) is 2.15. The summed E-state index contributed by atoms with van der Waals surface area (Å²) in [4.78, 5) is 30.1. The standard InChI is InChI=1S/C34H58ClN3O5Si/c1-37(33(40)43-21-22-44(3,4)5)26-31(23-27-13-7-6-8-14-27)36-32(39)38-19-12-16-29(25-38)34(41,18-9-10-20-42-2)28-15-11-17-30(35)24-28/h11,15,17,24,27,29,31,41H,6-10,12-14,16,18-23,25-26H2,1-5H3,(H,36,39)/t29-,31+,34-/m1/s1. The van der Waals surface area contributed by atoms with E-state index in [0.29, 0.717) is 50.2 Å². The van der Waals surface area contributed by atoms with E-state index in [1.807, 2.05) is 29.2 Å². The minimum absolute atomic E-state index is 0.121. The molecule has 44 heavy (non-hydrogen) atoms. The van der Waals surface area contributed by atoms with Crippen LogP contribution >= 0.6 is 11.6 Å². The Balaban J connectivity index is 1.69. The first kappa shape index (κ1) is 36.7.